The maximum absolute atomic E-state index is 11.1. The van der Waals surface area contributed by atoms with E-state index in [1.807, 2.05) is 6.92 Å². The van der Waals surface area contributed by atoms with E-state index in [0.717, 1.165) is 0 Å². The number of rotatable bonds is 1. The Labute approximate surface area is 71.4 Å². The Bertz CT molecular complexity index is 163. The quantitative estimate of drug-likeness (QED) is 0.557. The van der Waals surface area contributed by atoms with Gasteiger partial charge in [-0.25, -0.2) is 4.79 Å². The van der Waals surface area contributed by atoms with Gasteiger partial charge in [-0.05, 0) is 6.92 Å². The minimum atomic E-state index is -0.354. The summed E-state index contributed by atoms with van der Waals surface area (Å²) in [6.45, 7) is 3.59. The van der Waals surface area contributed by atoms with E-state index in [0.29, 0.717) is 19.7 Å². The number of nitrogens with two attached hydrogens (primary N) is 1. The Morgan fingerprint density at radius 1 is 1.83 bits per heavy atom. The number of ether oxygens (including phenoxy) is 2. The molecule has 1 unspecified atom stereocenters. The number of nitrogens with zero attached hydrogens (tertiary/aromatic N) is 1. The van der Waals surface area contributed by atoms with Crippen molar-refractivity contribution in [3.05, 3.63) is 0 Å². The summed E-state index contributed by atoms with van der Waals surface area (Å²) < 4.78 is 9.89. The van der Waals surface area contributed by atoms with Crippen LogP contribution in [0.2, 0.25) is 0 Å². The predicted octanol–water partition coefficient (Wildman–Crippen LogP) is -0.240. The molecule has 1 amide bonds. The largest absolute Gasteiger partial charge is 0.434 e. The highest BCUT2D eigenvalue weighted by Crippen LogP contribution is 2.05. The maximum atomic E-state index is 11.1. The Kier molecular flexibility index (Phi) is 3.31. The molecular weight excluding hydrogens is 160 g/mol. The summed E-state index contributed by atoms with van der Waals surface area (Å²) in [5, 5.41) is 0. The molecule has 0 aliphatic carbocycles. The van der Waals surface area contributed by atoms with Gasteiger partial charge in [-0.2, -0.15) is 0 Å². The minimum Gasteiger partial charge on any atom is -0.434 e. The molecule has 5 nitrogen and oxygen atoms in total. The first-order valence-electron chi connectivity index (χ1n) is 3.97. The van der Waals surface area contributed by atoms with E-state index >= 15 is 0 Å². The van der Waals surface area contributed by atoms with Crippen molar-refractivity contribution in [3.63, 3.8) is 0 Å². The molecule has 70 valence electrons. The van der Waals surface area contributed by atoms with Gasteiger partial charge in [-0.15, -0.1) is 0 Å². The van der Waals surface area contributed by atoms with Crippen molar-refractivity contribution in [2.24, 2.45) is 5.73 Å². The van der Waals surface area contributed by atoms with Crippen molar-refractivity contribution < 1.29 is 14.3 Å². The van der Waals surface area contributed by atoms with Crippen LogP contribution < -0.4 is 5.73 Å². The summed E-state index contributed by atoms with van der Waals surface area (Å²) in [4.78, 5) is 12.7. The van der Waals surface area contributed by atoms with Gasteiger partial charge in [0.05, 0.1) is 19.3 Å². The van der Waals surface area contributed by atoms with Crippen molar-refractivity contribution in [1.82, 2.24) is 4.90 Å². The van der Waals surface area contributed by atoms with Crippen LogP contribution in [0.1, 0.15) is 6.92 Å². The molecule has 0 saturated carbocycles. The lowest BCUT2D eigenvalue weighted by molar-refractivity contribution is -0.0178. The second-order valence-electron chi connectivity index (χ2n) is 2.70. The first kappa shape index (κ1) is 9.28. The van der Waals surface area contributed by atoms with E-state index in [1.54, 1.807) is 4.90 Å². The van der Waals surface area contributed by atoms with Gasteiger partial charge in [-0.1, -0.05) is 0 Å². The van der Waals surface area contributed by atoms with E-state index in [9.17, 15) is 4.79 Å². The Morgan fingerprint density at radius 2 is 2.58 bits per heavy atom. The minimum absolute atomic E-state index is 0.0649. The third-order valence-electron chi connectivity index (χ3n) is 1.71. The molecule has 12 heavy (non-hydrogen) atoms. The Balaban J connectivity index is 2.35. The lowest BCUT2D eigenvalue weighted by atomic mass is 10.3. The van der Waals surface area contributed by atoms with Crippen LogP contribution in [0.3, 0.4) is 0 Å². The zero-order valence-electron chi connectivity index (χ0n) is 7.16. The molecule has 0 radical (unpaired) electrons. The van der Waals surface area contributed by atoms with Gasteiger partial charge in [0.15, 0.2) is 0 Å². The first-order valence-corrected chi connectivity index (χ1v) is 3.97. The lowest BCUT2D eigenvalue weighted by Gasteiger charge is -2.30. The lowest BCUT2D eigenvalue weighted by Crippen LogP contribution is -2.45. The second-order valence-corrected chi connectivity index (χ2v) is 2.70. The molecule has 2 N–H and O–H groups in total. The zero-order chi connectivity index (χ0) is 8.97. The summed E-state index contributed by atoms with van der Waals surface area (Å²) in [7, 11) is 0. The Morgan fingerprint density at radius 3 is 3.17 bits per heavy atom. The van der Waals surface area contributed by atoms with Crippen molar-refractivity contribution in [1.29, 1.82) is 0 Å². The summed E-state index contributed by atoms with van der Waals surface area (Å²) in [6, 6.07) is 0. The molecular formula is C7H14N2O3. The van der Waals surface area contributed by atoms with E-state index in [2.05, 4.69) is 4.74 Å². The number of hydrogen-bond donors (Lipinski definition) is 1. The van der Waals surface area contributed by atoms with Crippen molar-refractivity contribution in [2.75, 3.05) is 26.4 Å². The molecule has 1 atom stereocenters. The van der Waals surface area contributed by atoms with Crippen molar-refractivity contribution in [3.8, 4) is 0 Å². The average Bonchev–Trinajstić information content (AvgIpc) is 2.05. The van der Waals surface area contributed by atoms with Crippen LogP contribution in [0.4, 0.5) is 4.79 Å². The van der Waals surface area contributed by atoms with Crippen molar-refractivity contribution in [2.45, 2.75) is 13.0 Å². The van der Waals surface area contributed by atoms with E-state index in [1.165, 1.54) is 0 Å². The smallest absolute Gasteiger partial charge is 0.411 e. The standard InChI is InChI=1S/C7H14N2O3/c1-6-4-9(2-3-11-6)7(10)12-5-8/h6H,2-5,8H2,1H3. The van der Waals surface area contributed by atoms with Crippen LogP contribution in [0.5, 0.6) is 0 Å². The molecule has 0 spiro atoms. The van der Waals surface area contributed by atoms with Crippen LogP contribution in [0.25, 0.3) is 0 Å². The average molecular weight is 174 g/mol. The third-order valence-corrected chi connectivity index (χ3v) is 1.71. The van der Waals surface area contributed by atoms with Crippen LogP contribution in [-0.4, -0.2) is 43.5 Å². The summed E-state index contributed by atoms with van der Waals surface area (Å²) in [5.41, 5.74) is 5.07. The molecule has 1 fully saturated rings. The highest BCUT2D eigenvalue weighted by molar-refractivity contribution is 5.67. The second kappa shape index (κ2) is 4.27. The maximum Gasteiger partial charge on any atom is 0.411 e. The molecule has 5 heteroatoms. The van der Waals surface area contributed by atoms with Crippen LogP contribution in [0.15, 0.2) is 0 Å². The van der Waals surface area contributed by atoms with Gasteiger partial charge in [0, 0.05) is 6.54 Å². The highest BCUT2D eigenvalue weighted by Gasteiger charge is 2.21. The molecule has 0 bridgehead atoms. The highest BCUT2D eigenvalue weighted by atomic mass is 16.6. The number of amides is 1. The third kappa shape index (κ3) is 2.35. The molecule has 1 heterocycles. The fourth-order valence-corrected chi connectivity index (χ4v) is 1.15. The molecule has 1 aliphatic rings. The fraction of sp³-hybridized carbons (Fsp3) is 0.857. The van der Waals surface area contributed by atoms with Crippen LogP contribution >= 0.6 is 0 Å². The molecule has 1 aliphatic heterocycles. The number of carbonyl (C=O) groups is 1. The predicted molar refractivity (Wildman–Crippen MR) is 42.5 cm³/mol. The van der Waals surface area contributed by atoms with Crippen molar-refractivity contribution >= 4 is 6.09 Å². The fourth-order valence-electron chi connectivity index (χ4n) is 1.15. The van der Waals surface area contributed by atoms with E-state index in [4.69, 9.17) is 10.5 Å². The van der Waals surface area contributed by atoms with Gasteiger partial charge >= 0.3 is 6.09 Å². The normalized spacial score (nSPS) is 23.8. The molecule has 0 aromatic carbocycles. The number of carbonyl (C=O) groups excluding carboxylic acids is 1. The van der Waals surface area contributed by atoms with Gasteiger partial charge < -0.3 is 14.4 Å². The Hall–Kier alpha value is -0.810. The SMILES string of the molecule is CC1CN(C(=O)OCN)CCO1. The molecule has 0 aromatic rings. The van der Waals surface area contributed by atoms with Gasteiger partial charge in [-0.3, -0.25) is 5.73 Å². The van der Waals surface area contributed by atoms with Gasteiger partial charge in [0.25, 0.3) is 0 Å². The summed E-state index contributed by atoms with van der Waals surface area (Å²) in [6.07, 6.45) is -0.267. The van der Waals surface area contributed by atoms with Gasteiger partial charge in [0.1, 0.15) is 6.73 Å². The topological polar surface area (TPSA) is 64.8 Å². The summed E-state index contributed by atoms with van der Waals surface area (Å²) in [5.74, 6) is 0. The molecule has 1 saturated heterocycles. The monoisotopic (exact) mass is 174 g/mol. The first-order chi connectivity index (χ1) is 5.74. The number of morpholine rings is 1. The summed E-state index contributed by atoms with van der Waals surface area (Å²) >= 11 is 0. The van der Waals surface area contributed by atoms with Crippen LogP contribution in [-0.2, 0) is 9.47 Å². The van der Waals surface area contributed by atoms with Crippen LogP contribution in [0, 0.1) is 0 Å². The van der Waals surface area contributed by atoms with E-state index in [-0.39, 0.29) is 18.9 Å². The van der Waals surface area contributed by atoms with Gasteiger partial charge in [0.2, 0.25) is 0 Å². The molecule has 0 aromatic heterocycles. The molecule has 1 rings (SSSR count). The number of hydrogen-bond acceptors (Lipinski definition) is 4. The zero-order valence-corrected chi connectivity index (χ0v) is 7.16. The van der Waals surface area contributed by atoms with E-state index < -0.39 is 0 Å².